The summed E-state index contributed by atoms with van der Waals surface area (Å²) < 4.78 is 1.65. The Labute approximate surface area is 151 Å². The van der Waals surface area contributed by atoms with Crippen LogP contribution in [0.5, 0.6) is 0 Å². The Bertz CT molecular complexity index is 1080. The summed E-state index contributed by atoms with van der Waals surface area (Å²) in [5.74, 6) is 0. The molecular weight excluding hydrogens is 328 g/mol. The SMILES string of the molecule is Cc1cc(C)c2[nH]c(CNCCn3c(C)cc(C)nc3=O)cc(=O)c2c1. The van der Waals surface area contributed by atoms with Crippen LogP contribution in [0, 0.1) is 27.7 Å². The van der Waals surface area contributed by atoms with E-state index in [-0.39, 0.29) is 11.1 Å². The van der Waals surface area contributed by atoms with Gasteiger partial charge in [0.1, 0.15) is 0 Å². The number of nitrogens with zero attached hydrogens (tertiary/aromatic N) is 2. The molecular formula is C20H24N4O2. The average Bonchev–Trinajstić information content (AvgIpc) is 2.54. The van der Waals surface area contributed by atoms with E-state index in [0.29, 0.717) is 19.6 Å². The van der Waals surface area contributed by atoms with Gasteiger partial charge in [-0.3, -0.25) is 9.36 Å². The summed E-state index contributed by atoms with van der Waals surface area (Å²) in [6.45, 7) is 9.39. The Morgan fingerprint density at radius 2 is 1.85 bits per heavy atom. The molecule has 136 valence electrons. The molecule has 0 aliphatic heterocycles. The van der Waals surface area contributed by atoms with Crippen LogP contribution < -0.4 is 16.4 Å². The van der Waals surface area contributed by atoms with Crippen LogP contribution in [0.4, 0.5) is 0 Å². The number of aryl methyl sites for hydroxylation is 4. The zero-order valence-corrected chi connectivity index (χ0v) is 15.6. The Kier molecular flexibility index (Phi) is 5.04. The second-order valence-corrected chi connectivity index (χ2v) is 6.81. The van der Waals surface area contributed by atoms with E-state index >= 15 is 0 Å². The van der Waals surface area contributed by atoms with Gasteiger partial charge in [-0.1, -0.05) is 6.07 Å². The zero-order chi connectivity index (χ0) is 18.8. The van der Waals surface area contributed by atoms with E-state index < -0.39 is 0 Å². The average molecular weight is 352 g/mol. The van der Waals surface area contributed by atoms with Gasteiger partial charge in [-0.2, -0.15) is 4.98 Å². The molecule has 0 atom stereocenters. The number of pyridine rings is 1. The summed E-state index contributed by atoms with van der Waals surface area (Å²) in [6, 6.07) is 7.51. The van der Waals surface area contributed by atoms with E-state index in [0.717, 1.165) is 39.1 Å². The maximum atomic E-state index is 12.4. The van der Waals surface area contributed by atoms with Gasteiger partial charge >= 0.3 is 5.69 Å². The molecule has 6 heteroatoms. The second-order valence-electron chi connectivity index (χ2n) is 6.81. The van der Waals surface area contributed by atoms with Crippen LogP contribution in [-0.4, -0.2) is 21.1 Å². The molecule has 0 aliphatic rings. The van der Waals surface area contributed by atoms with Crippen molar-refractivity contribution in [3.8, 4) is 0 Å². The first-order valence-corrected chi connectivity index (χ1v) is 8.74. The molecule has 2 aromatic heterocycles. The maximum absolute atomic E-state index is 12.4. The highest BCUT2D eigenvalue weighted by Gasteiger charge is 2.06. The molecule has 0 bridgehead atoms. The summed E-state index contributed by atoms with van der Waals surface area (Å²) >= 11 is 0. The summed E-state index contributed by atoms with van der Waals surface area (Å²) in [5.41, 5.74) is 5.29. The first-order chi connectivity index (χ1) is 12.3. The fourth-order valence-corrected chi connectivity index (χ4v) is 3.32. The minimum atomic E-state index is -0.227. The standard InChI is InChI=1S/C20H24N4O2/c1-12-7-13(2)19-17(8-12)18(25)10-16(23-19)11-21-5-6-24-15(4)9-14(3)22-20(24)26/h7-10,21H,5-6,11H2,1-4H3,(H,23,25). The van der Waals surface area contributed by atoms with Gasteiger partial charge in [0.25, 0.3) is 0 Å². The third kappa shape index (κ3) is 3.75. The Morgan fingerprint density at radius 1 is 1.08 bits per heavy atom. The molecule has 0 aliphatic carbocycles. The van der Waals surface area contributed by atoms with E-state index in [9.17, 15) is 9.59 Å². The molecule has 6 nitrogen and oxygen atoms in total. The van der Waals surface area contributed by atoms with E-state index in [1.54, 1.807) is 10.6 Å². The Hall–Kier alpha value is -2.73. The normalized spacial score (nSPS) is 11.2. The van der Waals surface area contributed by atoms with E-state index in [2.05, 4.69) is 21.4 Å². The smallest absolute Gasteiger partial charge is 0.347 e. The van der Waals surface area contributed by atoms with Crippen LogP contribution in [0.15, 0.2) is 33.9 Å². The quantitative estimate of drug-likeness (QED) is 0.689. The molecule has 0 saturated heterocycles. The summed E-state index contributed by atoms with van der Waals surface area (Å²) in [7, 11) is 0. The van der Waals surface area contributed by atoms with Gasteiger partial charge in [0, 0.05) is 48.2 Å². The highest BCUT2D eigenvalue weighted by Crippen LogP contribution is 2.16. The number of aromatic amines is 1. The molecule has 3 rings (SSSR count). The number of aromatic nitrogens is 3. The number of fused-ring (bicyclic) bond motifs is 1. The zero-order valence-electron chi connectivity index (χ0n) is 15.6. The predicted octanol–water partition coefficient (Wildman–Crippen LogP) is 2.11. The largest absolute Gasteiger partial charge is 0.357 e. The number of nitrogens with one attached hydrogen (secondary N) is 2. The van der Waals surface area contributed by atoms with Crippen LogP contribution in [0.25, 0.3) is 10.9 Å². The fourth-order valence-electron chi connectivity index (χ4n) is 3.32. The molecule has 0 amide bonds. The molecule has 0 spiro atoms. The number of hydrogen-bond donors (Lipinski definition) is 2. The van der Waals surface area contributed by atoms with Gasteiger partial charge in [-0.05, 0) is 51.0 Å². The highest BCUT2D eigenvalue weighted by molar-refractivity contribution is 5.82. The third-order valence-corrected chi connectivity index (χ3v) is 4.51. The van der Waals surface area contributed by atoms with Crippen molar-refractivity contribution >= 4 is 10.9 Å². The monoisotopic (exact) mass is 352 g/mol. The van der Waals surface area contributed by atoms with Crippen LogP contribution >= 0.6 is 0 Å². The minimum Gasteiger partial charge on any atom is -0.357 e. The summed E-state index contributed by atoms with van der Waals surface area (Å²) in [4.78, 5) is 31.7. The molecule has 2 N–H and O–H groups in total. The Morgan fingerprint density at radius 3 is 2.58 bits per heavy atom. The van der Waals surface area contributed by atoms with Gasteiger partial charge < -0.3 is 10.3 Å². The van der Waals surface area contributed by atoms with Crippen molar-refractivity contribution in [1.29, 1.82) is 0 Å². The van der Waals surface area contributed by atoms with Gasteiger partial charge in [0.2, 0.25) is 0 Å². The van der Waals surface area contributed by atoms with Crippen LogP contribution in [0.3, 0.4) is 0 Å². The molecule has 2 heterocycles. The van der Waals surface area contributed by atoms with E-state index in [1.165, 1.54) is 0 Å². The van der Waals surface area contributed by atoms with Crippen molar-refractivity contribution in [1.82, 2.24) is 19.9 Å². The molecule has 26 heavy (non-hydrogen) atoms. The molecule has 1 aromatic carbocycles. The van der Waals surface area contributed by atoms with Crippen molar-refractivity contribution in [2.24, 2.45) is 0 Å². The third-order valence-electron chi connectivity index (χ3n) is 4.51. The highest BCUT2D eigenvalue weighted by atomic mass is 16.1. The molecule has 0 saturated carbocycles. The first kappa shape index (κ1) is 18.1. The van der Waals surface area contributed by atoms with Crippen molar-refractivity contribution in [2.75, 3.05) is 6.54 Å². The molecule has 0 unspecified atom stereocenters. The lowest BCUT2D eigenvalue weighted by Crippen LogP contribution is -2.30. The first-order valence-electron chi connectivity index (χ1n) is 8.74. The second kappa shape index (κ2) is 7.25. The van der Waals surface area contributed by atoms with Crippen molar-refractivity contribution in [3.05, 3.63) is 73.2 Å². The van der Waals surface area contributed by atoms with E-state index in [4.69, 9.17) is 0 Å². The minimum absolute atomic E-state index is 0.0251. The lowest BCUT2D eigenvalue weighted by atomic mass is 10.1. The maximum Gasteiger partial charge on any atom is 0.347 e. The van der Waals surface area contributed by atoms with Crippen molar-refractivity contribution in [3.63, 3.8) is 0 Å². The number of rotatable bonds is 5. The number of H-pyrrole nitrogens is 1. The Balaban J connectivity index is 1.71. The molecule has 3 aromatic rings. The lowest BCUT2D eigenvalue weighted by molar-refractivity contribution is 0.560. The molecule has 0 fully saturated rings. The van der Waals surface area contributed by atoms with Crippen LogP contribution in [-0.2, 0) is 13.1 Å². The molecule has 0 radical (unpaired) electrons. The van der Waals surface area contributed by atoms with Crippen LogP contribution in [0.1, 0.15) is 28.2 Å². The predicted molar refractivity (Wildman–Crippen MR) is 104 cm³/mol. The summed E-state index contributed by atoms with van der Waals surface area (Å²) in [6.07, 6.45) is 0. The van der Waals surface area contributed by atoms with Gasteiger partial charge in [-0.25, -0.2) is 4.79 Å². The van der Waals surface area contributed by atoms with Crippen molar-refractivity contribution in [2.45, 2.75) is 40.8 Å². The number of benzene rings is 1. The summed E-state index contributed by atoms with van der Waals surface area (Å²) in [5, 5.41) is 4.01. The van der Waals surface area contributed by atoms with E-state index in [1.807, 2.05) is 39.8 Å². The van der Waals surface area contributed by atoms with Gasteiger partial charge in [0.15, 0.2) is 5.43 Å². The van der Waals surface area contributed by atoms with Crippen molar-refractivity contribution < 1.29 is 0 Å². The van der Waals surface area contributed by atoms with Crippen LogP contribution in [0.2, 0.25) is 0 Å². The fraction of sp³-hybridized carbons (Fsp3) is 0.350. The van der Waals surface area contributed by atoms with Gasteiger partial charge in [-0.15, -0.1) is 0 Å². The van der Waals surface area contributed by atoms with Gasteiger partial charge in [0.05, 0.1) is 5.52 Å². The lowest BCUT2D eigenvalue weighted by Gasteiger charge is -2.11. The topological polar surface area (TPSA) is 79.8 Å². The number of hydrogen-bond acceptors (Lipinski definition) is 4.